The minimum atomic E-state index is -0.898. The molecule has 102 valence electrons. The third kappa shape index (κ3) is 2.73. The summed E-state index contributed by atoms with van der Waals surface area (Å²) in [5.41, 5.74) is 2.52. The molecule has 1 aromatic carbocycles. The van der Waals surface area contributed by atoms with Gasteiger partial charge < -0.3 is 14.9 Å². The minimum Gasteiger partial charge on any atom is -0.480 e. The maximum absolute atomic E-state index is 12.0. The first-order chi connectivity index (χ1) is 8.90. The van der Waals surface area contributed by atoms with Crippen molar-refractivity contribution >= 4 is 39.2 Å². The summed E-state index contributed by atoms with van der Waals surface area (Å²) < 4.78 is 0.876. The molecule has 0 fully saturated rings. The molecular weight excluding hydrogens is 312 g/mol. The lowest BCUT2D eigenvalue weighted by atomic mass is 10.1. The summed E-state index contributed by atoms with van der Waals surface area (Å²) in [4.78, 5) is 26.3. The van der Waals surface area contributed by atoms with Gasteiger partial charge in [0.05, 0.1) is 11.4 Å². The van der Waals surface area contributed by atoms with Crippen molar-refractivity contribution in [1.82, 2.24) is 0 Å². The fourth-order valence-corrected chi connectivity index (χ4v) is 2.91. The minimum absolute atomic E-state index is 0.00774. The van der Waals surface area contributed by atoms with Crippen LogP contribution >= 0.6 is 15.9 Å². The van der Waals surface area contributed by atoms with E-state index >= 15 is 0 Å². The van der Waals surface area contributed by atoms with Gasteiger partial charge in [-0.2, -0.15) is 0 Å². The molecule has 0 saturated carbocycles. The fraction of sp³-hybridized carbons (Fsp3) is 0.385. The normalized spacial score (nSPS) is 15.2. The summed E-state index contributed by atoms with van der Waals surface area (Å²) in [7, 11) is 1.72. The molecule has 1 aliphatic rings. The summed E-state index contributed by atoms with van der Waals surface area (Å²) >= 11 is 3.41. The van der Waals surface area contributed by atoms with E-state index in [1.807, 2.05) is 19.1 Å². The topological polar surface area (TPSA) is 60.9 Å². The summed E-state index contributed by atoms with van der Waals surface area (Å²) in [6.07, 6.45) is 0.315. The van der Waals surface area contributed by atoms with Gasteiger partial charge in [-0.25, -0.2) is 0 Å². The van der Waals surface area contributed by atoms with Crippen molar-refractivity contribution in [2.45, 2.75) is 13.3 Å². The van der Waals surface area contributed by atoms with Crippen molar-refractivity contribution in [2.24, 2.45) is 0 Å². The van der Waals surface area contributed by atoms with Crippen molar-refractivity contribution in [1.29, 1.82) is 0 Å². The number of rotatable bonds is 2. The monoisotopic (exact) mass is 326 g/mol. The smallest absolute Gasteiger partial charge is 0.323 e. The number of anilines is 2. The molecule has 0 aliphatic carbocycles. The Balaban J connectivity index is 2.57. The SMILES string of the molecule is Cc1cc(Br)cc2c1N(CC(=O)O)CCC(=O)N2C. The van der Waals surface area contributed by atoms with Crippen LogP contribution in [0.3, 0.4) is 0 Å². The molecule has 0 radical (unpaired) electrons. The van der Waals surface area contributed by atoms with Crippen LogP contribution in [-0.2, 0) is 9.59 Å². The van der Waals surface area contributed by atoms with Crippen LogP contribution in [0, 0.1) is 6.92 Å². The molecule has 1 N–H and O–H groups in total. The van der Waals surface area contributed by atoms with Crippen LogP contribution in [0.5, 0.6) is 0 Å². The van der Waals surface area contributed by atoms with E-state index in [1.165, 1.54) is 0 Å². The van der Waals surface area contributed by atoms with Gasteiger partial charge in [-0.15, -0.1) is 0 Å². The molecule has 0 spiro atoms. The van der Waals surface area contributed by atoms with Gasteiger partial charge in [-0.1, -0.05) is 15.9 Å². The zero-order chi connectivity index (χ0) is 14.2. The summed E-state index contributed by atoms with van der Waals surface area (Å²) in [5.74, 6) is -0.906. The van der Waals surface area contributed by atoms with Crippen molar-refractivity contribution in [2.75, 3.05) is 29.9 Å². The van der Waals surface area contributed by atoms with Crippen LogP contribution in [-0.4, -0.2) is 37.1 Å². The number of aryl methyl sites for hydroxylation is 1. The molecule has 0 unspecified atom stereocenters. The molecule has 0 atom stereocenters. The van der Waals surface area contributed by atoms with Gasteiger partial charge >= 0.3 is 5.97 Å². The number of benzene rings is 1. The van der Waals surface area contributed by atoms with Crippen LogP contribution in [0.15, 0.2) is 16.6 Å². The Morgan fingerprint density at radius 1 is 1.47 bits per heavy atom. The van der Waals surface area contributed by atoms with Crippen LogP contribution in [0.2, 0.25) is 0 Å². The van der Waals surface area contributed by atoms with Crippen LogP contribution in [0.1, 0.15) is 12.0 Å². The molecular formula is C13H15BrN2O3. The van der Waals surface area contributed by atoms with E-state index in [1.54, 1.807) is 16.8 Å². The van der Waals surface area contributed by atoms with Gasteiger partial charge in [0.1, 0.15) is 6.54 Å². The second-order valence-corrected chi connectivity index (χ2v) is 5.52. The van der Waals surface area contributed by atoms with E-state index in [0.29, 0.717) is 13.0 Å². The molecule has 1 heterocycles. The van der Waals surface area contributed by atoms with Crippen LogP contribution < -0.4 is 9.80 Å². The second-order valence-electron chi connectivity index (χ2n) is 4.61. The molecule has 1 aromatic rings. The zero-order valence-electron chi connectivity index (χ0n) is 10.8. The molecule has 2 rings (SSSR count). The maximum Gasteiger partial charge on any atom is 0.323 e. The molecule has 5 nitrogen and oxygen atoms in total. The predicted molar refractivity (Wildman–Crippen MR) is 76.8 cm³/mol. The van der Waals surface area contributed by atoms with Gasteiger partial charge in [-0.3, -0.25) is 9.59 Å². The van der Waals surface area contributed by atoms with E-state index in [2.05, 4.69) is 15.9 Å². The third-order valence-electron chi connectivity index (χ3n) is 3.22. The molecule has 6 heteroatoms. The highest BCUT2D eigenvalue weighted by atomic mass is 79.9. The van der Waals surface area contributed by atoms with E-state index < -0.39 is 5.97 Å². The lowest BCUT2D eigenvalue weighted by molar-refractivity contribution is -0.135. The molecule has 1 aliphatic heterocycles. The van der Waals surface area contributed by atoms with E-state index in [0.717, 1.165) is 21.4 Å². The number of carboxylic acid groups (broad SMARTS) is 1. The highest BCUT2D eigenvalue weighted by molar-refractivity contribution is 9.10. The van der Waals surface area contributed by atoms with Gasteiger partial charge in [0.2, 0.25) is 5.91 Å². The van der Waals surface area contributed by atoms with Crippen molar-refractivity contribution < 1.29 is 14.7 Å². The Kier molecular flexibility index (Phi) is 3.80. The van der Waals surface area contributed by atoms with E-state index in [-0.39, 0.29) is 12.5 Å². The Hall–Kier alpha value is -1.56. The number of amides is 1. The summed E-state index contributed by atoms with van der Waals surface area (Å²) in [6.45, 7) is 2.24. The fourth-order valence-electron chi connectivity index (χ4n) is 2.35. The second kappa shape index (κ2) is 5.21. The van der Waals surface area contributed by atoms with Crippen molar-refractivity contribution in [3.63, 3.8) is 0 Å². The first-order valence-corrected chi connectivity index (χ1v) is 6.73. The Morgan fingerprint density at radius 2 is 2.16 bits per heavy atom. The lowest BCUT2D eigenvalue weighted by Crippen LogP contribution is -2.31. The average Bonchev–Trinajstić information content (AvgIpc) is 2.41. The number of halogens is 1. The molecule has 0 bridgehead atoms. The standard InChI is InChI=1S/C13H15BrN2O3/c1-8-5-9(14)6-10-13(8)16(7-12(18)19)4-3-11(17)15(10)2/h5-6H,3-4,7H2,1-2H3,(H,18,19). The Morgan fingerprint density at radius 3 is 2.79 bits per heavy atom. The average molecular weight is 327 g/mol. The molecule has 1 amide bonds. The number of fused-ring (bicyclic) bond motifs is 1. The predicted octanol–water partition coefficient (Wildman–Crippen LogP) is 2.02. The summed E-state index contributed by atoms with van der Waals surface area (Å²) in [6, 6.07) is 3.78. The highest BCUT2D eigenvalue weighted by Gasteiger charge is 2.26. The van der Waals surface area contributed by atoms with Crippen LogP contribution in [0.4, 0.5) is 11.4 Å². The van der Waals surface area contributed by atoms with E-state index in [9.17, 15) is 9.59 Å². The number of carboxylic acids is 1. The van der Waals surface area contributed by atoms with Gasteiger partial charge in [-0.05, 0) is 24.6 Å². The first-order valence-electron chi connectivity index (χ1n) is 5.93. The first kappa shape index (κ1) is 13.9. The number of carbonyl (C=O) groups is 2. The molecule has 0 saturated heterocycles. The number of nitrogens with zero attached hydrogens (tertiary/aromatic N) is 2. The van der Waals surface area contributed by atoms with Crippen molar-refractivity contribution in [3.8, 4) is 0 Å². The third-order valence-corrected chi connectivity index (χ3v) is 3.68. The van der Waals surface area contributed by atoms with Gasteiger partial charge in [0, 0.05) is 24.5 Å². The Bertz CT molecular complexity index is 545. The quantitative estimate of drug-likeness (QED) is 0.903. The summed E-state index contributed by atoms with van der Waals surface area (Å²) in [5, 5.41) is 9.01. The lowest BCUT2D eigenvalue weighted by Gasteiger charge is -2.26. The zero-order valence-corrected chi connectivity index (χ0v) is 12.4. The number of hydrogen-bond donors (Lipinski definition) is 1. The molecule has 0 aromatic heterocycles. The van der Waals surface area contributed by atoms with Crippen molar-refractivity contribution in [3.05, 3.63) is 22.2 Å². The largest absolute Gasteiger partial charge is 0.480 e. The number of hydrogen-bond acceptors (Lipinski definition) is 3. The molecule has 19 heavy (non-hydrogen) atoms. The van der Waals surface area contributed by atoms with Crippen LogP contribution in [0.25, 0.3) is 0 Å². The Labute approximate surface area is 119 Å². The van der Waals surface area contributed by atoms with E-state index in [4.69, 9.17) is 5.11 Å². The number of aliphatic carboxylic acids is 1. The maximum atomic E-state index is 12.0. The van der Waals surface area contributed by atoms with Gasteiger partial charge in [0.25, 0.3) is 0 Å². The number of carbonyl (C=O) groups excluding carboxylic acids is 1. The van der Waals surface area contributed by atoms with Gasteiger partial charge in [0.15, 0.2) is 0 Å². The highest BCUT2D eigenvalue weighted by Crippen LogP contribution is 2.37.